The maximum absolute atomic E-state index is 13.0. The van der Waals surface area contributed by atoms with Crippen LogP contribution in [0, 0.1) is 11.2 Å². The number of halogens is 2. The summed E-state index contributed by atoms with van der Waals surface area (Å²) in [5.74, 6) is -0.274. The molecule has 3 heteroatoms. The SMILES string of the molecule is Fc1ccc(NC2CCC3(CCCC3)CC2)c(Cl)c1. The summed E-state index contributed by atoms with van der Waals surface area (Å²) in [6.07, 6.45) is 10.8. The second kappa shape index (κ2) is 5.32. The highest BCUT2D eigenvalue weighted by Crippen LogP contribution is 2.49. The lowest BCUT2D eigenvalue weighted by Crippen LogP contribution is -2.31. The van der Waals surface area contributed by atoms with Crippen LogP contribution in [0.3, 0.4) is 0 Å². The van der Waals surface area contributed by atoms with Crippen LogP contribution in [-0.4, -0.2) is 6.04 Å². The highest BCUT2D eigenvalue weighted by Gasteiger charge is 2.37. The normalized spacial score (nSPS) is 22.8. The molecular weight excluding hydrogens is 261 g/mol. The summed E-state index contributed by atoms with van der Waals surface area (Å²) in [5, 5.41) is 3.97. The van der Waals surface area contributed by atoms with Crippen molar-refractivity contribution in [2.75, 3.05) is 5.32 Å². The van der Waals surface area contributed by atoms with Crippen molar-refractivity contribution in [1.29, 1.82) is 0 Å². The Labute approximate surface area is 119 Å². The third-order valence-electron chi connectivity index (χ3n) is 5.00. The van der Waals surface area contributed by atoms with Gasteiger partial charge in [0.1, 0.15) is 5.82 Å². The van der Waals surface area contributed by atoms with E-state index in [-0.39, 0.29) is 5.82 Å². The monoisotopic (exact) mass is 281 g/mol. The van der Waals surface area contributed by atoms with Crippen molar-refractivity contribution in [3.63, 3.8) is 0 Å². The van der Waals surface area contributed by atoms with Crippen molar-refractivity contribution in [2.45, 2.75) is 57.4 Å². The first-order valence-corrected chi connectivity index (χ1v) is 7.76. The van der Waals surface area contributed by atoms with Crippen LogP contribution in [0.2, 0.25) is 5.02 Å². The van der Waals surface area contributed by atoms with E-state index in [1.54, 1.807) is 6.07 Å². The second-order valence-electron chi connectivity index (χ2n) is 6.25. The zero-order chi connectivity index (χ0) is 13.3. The molecule has 3 rings (SSSR count). The summed E-state index contributed by atoms with van der Waals surface area (Å²) in [5.41, 5.74) is 1.53. The average Bonchev–Trinajstić information content (AvgIpc) is 2.84. The van der Waals surface area contributed by atoms with Crippen LogP contribution in [0.5, 0.6) is 0 Å². The topological polar surface area (TPSA) is 12.0 Å². The third-order valence-corrected chi connectivity index (χ3v) is 5.31. The highest BCUT2D eigenvalue weighted by atomic mass is 35.5. The van der Waals surface area contributed by atoms with Gasteiger partial charge in [-0.25, -0.2) is 4.39 Å². The Morgan fingerprint density at radius 2 is 1.79 bits per heavy atom. The van der Waals surface area contributed by atoms with Gasteiger partial charge < -0.3 is 5.32 Å². The maximum Gasteiger partial charge on any atom is 0.124 e. The van der Waals surface area contributed by atoms with Gasteiger partial charge in [-0.1, -0.05) is 24.4 Å². The van der Waals surface area contributed by atoms with Crippen LogP contribution in [0.1, 0.15) is 51.4 Å². The molecule has 0 aromatic heterocycles. The summed E-state index contributed by atoms with van der Waals surface area (Å²) < 4.78 is 13.0. The second-order valence-corrected chi connectivity index (χ2v) is 6.66. The Kier molecular flexibility index (Phi) is 3.70. The van der Waals surface area contributed by atoms with Crippen molar-refractivity contribution in [2.24, 2.45) is 5.41 Å². The molecule has 2 aliphatic rings. The smallest absolute Gasteiger partial charge is 0.124 e. The van der Waals surface area contributed by atoms with E-state index in [0.717, 1.165) is 5.69 Å². The van der Waals surface area contributed by atoms with Gasteiger partial charge in [0, 0.05) is 6.04 Å². The minimum atomic E-state index is -0.274. The van der Waals surface area contributed by atoms with Gasteiger partial charge in [-0.05, 0) is 62.1 Å². The van der Waals surface area contributed by atoms with Crippen molar-refractivity contribution >= 4 is 17.3 Å². The number of nitrogens with one attached hydrogen (secondary N) is 1. The largest absolute Gasteiger partial charge is 0.381 e. The molecule has 19 heavy (non-hydrogen) atoms. The number of hydrogen-bond acceptors (Lipinski definition) is 1. The Balaban J connectivity index is 1.60. The molecule has 0 bridgehead atoms. The van der Waals surface area contributed by atoms with Crippen molar-refractivity contribution < 1.29 is 4.39 Å². The van der Waals surface area contributed by atoms with Crippen molar-refractivity contribution in [3.05, 3.63) is 29.0 Å². The number of anilines is 1. The van der Waals surface area contributed by atoms with E-state index in [1.165, 1.54) is 63.5 Å². The van der Waals surface area contributed by atoms with Gasteiger partial charge in [0.05, 0.1) is 10.7 Å². The first-order valence-electron chi connectivity index (χ1n) is 7.39. The Bertz CT molecular complexity index is 444. The van der Waals surface area contributed by atoms with E-state index in [1.807, 2.05) is 0 Å². The molecule has 0 unspecified atom stereocenters. The fourth-order valence-electron chi connectivity index (χ4n) is 3.83. The first kappa shape index (κ1) is 13.2. The van der Waals surface area contributed by atoms with E-state index in [2.05, 4.69) is 5.32 Å². The zero-order valence-electron chi connectivity index (χ0n) is 11.2. The molecule has 0 atom stereocenters. The summed E-state index contributed by atoms with van der Waals surface area (Å²) in [4.78, 5) is 0. The van der Waals surface area contributed by atoms with E-state index >= 15 is 0 Å². The lowest BCUT2D eigenvalue weighted by Gasteiger charge is -2.38. The van der Waals surface area contributed by atoms with Crippen molar-refractivity contribution in [3.8, 4) is 0 Å². The van der Waals surface area contributed by atoms with Gasteiger partial charge in [0.2, 0.25) is 0 Å². The lowest BCUT2D eigenvalue weighted by atomic mass is 9.71. The Morgan fingerprint density at radius 1 is 1.11 bits per heavy atom. The molecule has 104 valence electrons. The van der Waals surface area contributed by atoms with Gasteiger partial charge in [-0.15, -0.1) is 0 Å². The summed E-state index contributed by atoms with van der Waals surface area (Å²) in [6.45, 7) is 0. The highest BCUT2D eigenvalue weighted by molar-refractivity contribution is 6.33. The zero-order valence-corrected chi connectivity index (χ0v) is 12.0. The van der Waals surface area contributed by atoms with E-state index < -0.39 is 0 Å². The van der Waals surface area contributed by atoms with E-state index in [0.29, 0.717) is 16.5 Å². The lowest BCUT2D eigenvalue weighted by molar-refractivity contribution is 0.188. The molecule has 1 nitrogen and oxygen atoms in total. The van der Waals surface area contributed by atoms with Crippen LogP contribution in [0.25, 0.3) is 0 Å². The predicted octanol–water partition coefficient (Wildman–Crippen LogP) is 5.39. The standard InChI is InChI=1S/C16H21ClFN/c17-14-11-12(18)3-4-15(14)19-13-5-9-16(10-6-13)7-1-2-8-16/h3-4,11,13,19H,1-2,5-10H2. The average molecular weight is 282 g/mol. The fourth-order valence-corrected chi connectivity index (χ4v) is 4.05. The van der Waals surface area contributed by atoms with Crippen LogP contribution in [-0.2, 0) is 0 Å². The molecule has 0 aliphatic heterocycles. The van der Waals surface area contributed by atoms with Gasteiger partial charge in [-0.2, -0.15) is 0 Å². The molecule has 0 saturated heterocycles. The van der Waals surface area contributed by atoms with Gasteiger partial charge >= 0.3 is 0 Å². The molecule has 1 aromatic rings. The minimum Gasteiger partial charge on any atom is -0.381 e. The Hall–Kier alpha value is -0.760. The molecule has 0 amide bonds. The molecule has 2 fully saturated rings. The van der Waals surface area contributed by atoms with Gasteiger partial charge in [-0.3, -0.25) is 0 Å². The molecule has 0 heterocycles. The summed E-state index contributed by atoms with van der Waals surface area (Å²) >= 11 is 6.07. The number of benzene rings is 1. The van der Waals surface area contributed by atoms with Crippen LogP contribution >= 0.6 is 11.6 Å². The van der Waals surface area contributed by atoms with Gasteiger partial charge in [0.25, 0.3) is 0 Å². The first-order chi connectivity index (χ1) is 9.17. The molecule has 1 spiro atoms. The van der Waals surface area contributed by atoms with Crippen molar-refractivity contribution in [1.82, 2.24) is 0 Å². The van der Waals surface area contributed by atoms with Crippen LogP contribution in [0.4, 0.5) is 10.1 Å². The maximum atomic E-state index is 13.0. The summed E-state index contributed by atoms with van der Waals surface area (Å²) in [6, 6.07) is 5.09. The van der Waals surface area contributed by atoms with E-state index in [4.69, 9.17) is 11.6 Å². The fraction of sp³-hybridized carbons (Fsp3) is 0.625. The van der Waals surface area contributed by atoms with E-state index in [9.17, 15) is 4.39 Å². The summed E-state index contributed by atoms with van der Waals surface area (Å²) in [7, 11) is 0. The molecular formula is C16H21ClFN. The molecule has 2 aliphatic carbocycles. The predicted molar refractivity (Wildman–Crippen MR) is 78.2 cm³/mol. The number of hydrogen-bond donors (Lipinski definition) is 1. The number of rotatable bonds is 2. The molecule has 1 N–H and O–H groups in total. The third kappa shape index (κ3) is 2.89. The quantitative estimate of drug-likeness (QED) is 0.766. The minimum absolute atomic E-state index is 0.274. The molecule has 0 radical (unpaired) electrons. The molecule has 2 saturated carbocycles. The van der Waals surface area contributed by atoms with Gasteiger partial charge in [0.15, 0.2) is 0 Å². The van der Waals surface area contributed by atoms with Crippen LogP contribution < -0.4 is 5.32 Å². The Morgan fingerprint density at radius 3 is 2.42 bits per heavy atom. The van der Waals surface area contributed by atoms with Crippen LogP contribution in [0.15, 0.2) is 18.2 Å². The molecule has 1 aromatic carbocycles.